The third-order valence-corrected chi connectivity index (χ3v) is 12.3. The number of cyclic esters (lactones) is 2. The summed E-state index contributed by atoms with van der Waals surface area (Å²) in [5.41, 5.74) is 2.16. The number of benzene rings is 3. The second-order valence-corrected chi connectivity index (χ2v) is 17.9. The molecule has 0 aliphatic carbocycles. The second kappa shape index (κ2) is 21.9. The molecule has 0 bridgehead atoms. The van der Waals surface area contributed by atoms with Gasteiger partial charge in [-0.1, -0.05) is 59.9 Å². The number of esters is 3. The predicted molar refractivity (Wildman–Crippen MR) is 243 cm³/mol. The molecule has 7 rings (SSSR count). The maximum Gasteiger partial charge on any atom is 0.332 e. The van der Waals surface area contributed by atoms with Crippen LogP contribution in [0.15, 0.2) is 42.5 Å². The van der Waals surface area contributed by atoms with E-state index in [1.807, 2.05) is 39.0 Å². The molecule has 17 heteroatoms. The number of fused-ring (bicyclic) bond motifs is 6. The lowest BCUT2D eigenvalue weighted by atomic mass is 9.81. The molecule has 8 unspecified atom stereocenters. The van der Waals surface area contributed by atoms with Crippen LogP contribution < -0.4 is 34.3 Å². The maximum atomic E-state index is 13.5. The van der Waals surface area contributed by atoms with Crippen molar-refractivity contribution < 1.29 is 71.8 Å². The van der Waals surface area contributed by atoms with Gasteiger partial charge in [0.25, 0.3) is 5.91 Å². The van der Waals surface area contributed by atoms with Crippen molar-refractivity contribution in [1.29, 1.82) is 0 Å². The van der Waals surface area contributed by atoms with Crippen molar-refractivity contribution in [3.8, 4) is 34.5 Å². The van der Waals surface area contributed by atoms with E-state index in [1.54, 1.807) is 20.3 Å². The molecular formula is C50H62N2O15. The minimum absolute atomic E-state index is 0.00114. The smallest absolute Gasteiger partial charge is 0.332 e. The van der Waals surface area contributed by atoms with E-state index in [2.05, 4.69) is 24.5 Å². The molecule has 4 aliphatic rings. The largest absolute Gasteiger partial charge is 0.505 e. The number of carbonyl (C=O) groups excluding carboxylic acids is 6. The SMILES string of the molecule is CCCCCC1C(=O)OC(C)C(NC(=O)c2cccc(NC=O)c2O)C(=O)OC(C)C1OC(=O)CC(C)C.COc1cc2c(cc1OC)C1C(=O)c3ccc4c(c3OC1CO2)CC(C(C)C)O4. The molecule has 4 aliphatic heterocycles. The first kappa shape index (κ1) is 49.9. The Kier molecular flexibility index (Phi) is 16.3. The lowest BCUT2D eigenvalue weighted by molar-refractivity contribution is -0.175. The number of aromatic hydroxyl groups is 1. The standard InChI is InChI=1S/C27H38N2O9.C23H24O6/c1-6-7-8-10-19-24(38-21(31)13-15(2)3)17(5)37-27(35)22(16(4)36-26(19)34)29-25(33)18-11-9-12-20(23(18)32)28-14-30;1-11(2)16-8-14-15(28-16)6-5-12-22(24)21-13-7-18(25-3)19(26-4)9-17(13)27-10-20(21)29-23(12)14/h9,11-12,14-17,19,22,24,32H,6-8,10,13H2,1-5H3,(H,28,30)(H,29,33);5-7,9,11,16,20-21H,8,10H2,1-4H3. The number of Topliss-reactive ketones (excluding diaryl/α,β-unsaturated/α-hetero) is 1. The predicted octanol–water partition coefficient (Wildman–Crippen LogP) is 6.87. The second-order valence-electron chi connectivity index (χ2n) is 17.9. The van der Waals surface area contributed by atoms with Crippen LogP contribution in [-0.2, 0) is 39.8 Å². The fraction of sp³-hybridized carbons (Fsp3) is 0.520. The van der Waals surface area contributed by atoms with Gasteiger partial charge in [0.1, 0.15) is 48.3 Å². The Morgan fingerprint density at radius 1 is 0.896 bits per heavy atom. The fourth-order valence-electron chi connectivity index (χ4n) is 8.69. The van der Waals surface area contributed by atoms with E-state index in [1.165, 1.54) is 32.0 Å². The normalized spacial score (nSPS) is 23.8. The zero-order valence-corrected chi connectivity index (χ0v) is 39.5. The molecule has 1 fully saturated rings. The van der Waals surface area contributed by atoms with Crippen LogP contribution in [0.5, 0.6) is 34.5 Å². The van der Waals surface area contributed by atoms with Gasteiger partial charge in [-0.3, -0.25) is 24.0 Å². The number of hydrogen-bond donors (Lipinski definition) is 3. The van der Waals surface area contributed by atoms with Crippen molar-refractivity contribution >= 4 is 41.7 Å². The molecule has 0 spiro atoms. The van der Waals surface area contributed by atoms with Crippen molar-refractivity contribution in [2.75, 3.05) is 26.1 Å². The van der Waals surface area contributed by atoms with Crippen LogP contribution in [0.3, 0.4) is 0 Å². The van der Waals surface area contributed by atoms with Crippen LogP contribution in [0.2, 0.25) is 0 Å². The highest BCUT2D eigenvalue weighted by molar-refractivity contribution is 6.06. The molecule has 0 saturated carbocycles. The van der Waals surface area contributed by atoms with Crippen molar-refractivity contribution in [3.05, 3.63) is 64.7 Å². The van der Waals surface area contributed by atoms with E-state index in [0.29, 0.717) is 60.3 Å². The summed E-state index contributed by atoms with van der Waals surface area (Å²) >= 11 is 0. The number of phenolic OH excluding ortho intramolecular Hbond substituents is 1. The molecule has 0 aromatic heterocycles. The number of unbranched alkanes of at least 4 members (excludes halogenated alkanes) is 2. The van der Waals surface area contributed by atoms with Gasteiger partial charge in [0.2, 0.25) is 6.41 Å². The maximum absolute atomic E-state index is 13.5. The van der Waals surface area contributed by atoms with Gasteiger partial charge in [0, 0.05) is 30.0 Å². The molecule has 3 aromatic rings. The number of ketones is 1. The van der Waals surface area contributed by atoms with E-state index < -0.39 is 65.8 Å². The Hall–Kier alpha value is -6.52. The van der Waals surface area contributed by atoms with Gasteiger partial charge in [-0.15, -0.1) is 0 Å². The minimum atomic E-state index is -1.42. The summed E-state index contributed by atoms with van der Waals surface area (Å²) in [6.45, 7) is 13.3. The summed E-state index contributed by atoms with van der Waals surface area (Å²) in [6.07, 6.45) is 0.538. The number of hydrogen-bond acceptors (Lipinski definition) is 15. The first-order valence-corrected chi connectivity index (χ1v) is 22.9. The van der Waals surface area contributed by atoms with Gasteiger partial charge >= 0.3 is 17.9 Å². The number of anilines is 1. The third-order valence-electron chi connectivity index (χ3n) is 12.3. The summed E-state index contributed by atoms with van der Waals surface area (Å²) in [6, 6.07) is 10.0. The highest BCUT2D eigenvalue weighted by atomic mass is 16.6. The van der Waals surface area contributed by atoms with Crippen LogP contribution in [0.4, 0.5) is 5.69 Å². The van der Waals surface area contributed by atoms with Crippen LogP contribution in [0.25, 0.3) is 0 Å². The number of ether oxygens (including phenoxy) is 8. The number of nitrogens with one attached hydrogen (secondary N) is 2. The van der Waals surface area contributed by atoms with Gasteiger partial charge < -0.3 is 53.6 Å². The van der Waals surface area contributed by atoms with E-state index in [4.69, 9.17) is 37.9 Å². The monoisotopic (exact) mass is 930 g/mol. The number of carbonyl (C=O) groups is 6. The van der Waals surface area contributed by atoms with Crippen molar-refractivity contribution in [2.24, 2.45) is 17.8 Å². The topological polar surface area (TPSA) is 221 Å². The molecule has 67 heavy (non-hydrogen) atoms. The van der Waals surface area contributed by atoms with Gasteiger partial charge in [0.05, 0.1) is 42.9 Å². The van der Waals surface area contributed by atoms with Crippen LogP contribution in [0.1, 0.15) is 118 Å². The Bertz CT molecular complexity index is 2330. The van der Waals surface area contributed by atoms with Crippen molar-refractivity contribution in [3.63, 3.8) is 0 Å². The van der Waals surface area contributed by atoms with E-state index >= 15 is 0 Å². The molecule has 2 amide bonds. The quantitative estimate of drug-likeness (QED) is 0.0494. The highest BCUT2D eigenvalue weighted by Crippen LogP contribution is 2.50. The van der Waals surface area contributed by atoms with Crippen molar-refractivity contribution in [2.45, 2.75) is 129 Å². The van der Waals surface area contributed by atoms with E-state index in [0.717, 1.165) is 36.1 Å². The zero-order chi connectivity index (χ0) is 48.7. The lowest BCUT2D eigenvalue weighted by Crippen LogP contribution is -2.50. The molecule has 1 saturated heterocycles. The fourth-order valence-corrected chi connectivity index (χ4v) is 8.69. The Morgan fingerprint density at radius 3 is 2.28 bits per heavy atom. The van der Waals surface area contributed by atoms with Crippen LogP contribution in [-0.4, -0.2) is 98.5 Å². The minimum Gasteiger partial charge on any atom is -0.505 e. The molecule has 3 aromatic carbocycles. The molecule has 362 valence electrons. The average Bonchev–Trinajstić information content (AvgIpc) is 3.75. The summed E-state index contributed by atoms with van der Waals surface area (Å²) in [7, 11) is 3.16. The molecular weight excluding hydrogens is 869 g/mol. The number of rotatable bonds is 14. The number of phenols is 1. The number of amides is 2. The Balaban J connectivity index is 0.000000228. The lowest BCUT2D eigenvalue weighted by Gasteiger charge is -2.37. The summed E-state index contributed by atoms with van der Waals surface area (Å²) in [5, 5.41) is 15.1. The van der Waals surface area contributed by atoms with Gasteiger partial charge in [-0.25, -0.2) is 4.79 Å². The summed E-state index contributed by atoms with van der Waals surface area (Å²) in [5.74, 6) is -1.03. The summed E-state index contributed by atoms with van der Waals surface area (Å²) < 4.78 is 46.0. The molecule has 8 atom stereocenters. The van der Waals surface area contributed by atoms with Gasteiger partial charge in [0.15, 0.2) is 35.2 Å². The molecule has 3 N–H and O–H groups in total. The highest BCUT2D eigenvalue weighted by Gasteiger charge is 2.47. The number of para-hydroxylation sites is 1. The van der Waals surface area contributed by atoms with Gasteiger partial charge in [-0.2, -0.15) is 0 Å². The molecule has 17 nitrogen and oxygen atoms in total. The first-order valence-electron chi connectivity index (χ1n) is 22.9. The van der Waals surface area contributed by atoms with Crippen LogP contribution in [0, 0.1) is 17.8 Å². The van der Waals surface area contributed by atoms with E-state index in [9.17, 15) is 33.9 Å². The zero-order valence-electron chi connectivity index (χ0n) is 39.5. The Morgan fingerprint density at radius 2 is 1.61 bits per heavy atom. The molecule has 4 heterocycles. The third kappa shape index (κ3) is 11.0. The summed E-state index contributed by atoms with van der Waals surface area (Å²) in [4.78, 5) is 76.2. The van der Waals surface area contributed by atoms with Crippen molar-refractivity contribution in [1.82, 2.24) is 5.32 Å². The van der Waals surface area contributed by atoms with E-state index in [-0.39, 0.29) is 41.6 Å². The average molecular weight is 931 g/mol. The first-order chi connectivity index (χ1) is 32.0. The number of methoxy groups -OCH3 is 2. The molecule has 0 radical (unpaired) electrons. The Labute approximate surface area is 390 Å². The van der Waals surface area contributed by atoms with Crippen LogP contribution >= 0.6 is 0 Å². The van der Waals surface area contributed by atoms with Gasteiger partial charge in [-0.05, 0) is 62.4 Å².